The Morgan fingerprint density at radius 1 is 1.00 bits per heavy atom. The van der Waals surface area contributed by atoms with Crippen molar-refractivity contribution in [1.29, 1.82) is 0 Å². The minimum absolute atomic E-state index is 0.222. The van der Waals surface area contributed by atoms with E-state index in [4.69, 9.17) is 4.74 Å². The highest BCUT2D eigenvalue weighted by molar-refractivity contribution is 7.91. The molecule has 0 aliphatic heterocycles. The van der Waals surface area contributed by atoms with Crippen LogP contribution in [-0.2, 0) is 9.84 Å². The largest absolute Gasteiger partial charge is 0.497 e. The van der Waals surface area contributed by atoms with Crippen molar-refractivity contribution in [1.82, 2.24) is 4.98 Å². The summed E-state index contributed by atoms with van der Waals surface area (Å²) in [6.45, 7) is 9.29. The van der Waals surface area contributed by atoms with Crippen LogP contribution in [0.5, 0.6) is 5.75 Å². The zero-order valence-electron chi connectivity index (χ0n) is 17.0. The molecule has 0 spiro atoms. The normalized spacial score (nSPS) is 11.6. The lowest BCUT2D eigenvalue weighted by atomic mass is 10.1. The smallest absolute Gasteiger partial charge is 0.210 e. The van der Waals surface area contributed by atoms with Crippen molar-refractivity contribution in [3.8, 4) is 5.75 Å². The SMILES string of the molecule is CCN(CC)c1c(S(=O)(=O)c2ccc(C)c(C)c2)cnc2ccc(OC)cc12. The number of fused-ring (bicyclic) bond motifs is 1. The Kier molecular flexibility index (Phi) is 5.61. The van der Waals surface area contributed by atoms with Crippen molar-refractivity contribution in [2.24, 2.45) is 0 Å². The summed E-state index contributed by atoms with van der Waals surface area (Å²) < 4.78 is 32.5. The molecular formula is C22H26N2O3S. The first-order valence-electron chi connectivity index (χ1n) is 9.37. The van der Waals surface area contributed by atoms with E-state index in [0.717, 1.165) is 22.0 Å². The Balaban J connectivity index is 2.35. The van der Waals surface area contributed by atoms with E-state index in [9.17, 15) is 8.42 Å². The third kappa shape index (κ3) is 3.44. The highest BCUT2D eigenvalue weighted by Gasteiger charge is 2.26. The van der Waals surface area contributed by atoms with Crippen LogP contribution in [0.2, 0.25) is 0 Å². The second kappa shape index (κ2) is 7.80. The zero-order chi connectivity index (χ0) is 20.5. The highest BCUT2D eigenvalue weighted by atomic mass is 32.2. The molecule has 0 bridgehead atoms. The first-order valence-corrected chi connectivity index (χ1v) is 10.9. The predicted molar refractivity (Wildman–Crippen MR) is 113 cm³/mol. The summed E-state index contributed by atoms with van der Waals surface area (Å²) in [6.07, 6.45) is 1.48. The molecule has 0 unspecified atom stereocenters. The maximum absolute atomic E-state index is 13.6. The number of nitrogens with zero attached hydrogens (tertiary/aromatic N) is 2. The van der Waals surface area contributed by atoms with E-state index < -0.39 is 9.84 Å². The molecule has 3 rings (SSSR count). The summed E-state index contributed by atoms with van der Waals surface area (Å²) in [5.41, 5.74) is 3.42. The van der Waals surface area contributed by atoms with Crippen LogP contribution in [0.25, 0.3) is 10.9 Å². The molecule has 2 aromatic carbocycles. The van der Waals surface area contributed by atoms with Crippen LogP contribution >= 0.6 is 0 Å². The number of pyridine rings is 1. The number of methoxy groups -OCH3 is 1. The van der Waals surface area contributed by atoms with Gasteiger partial charge in [-0.1, -0.05) is 6.07 Å². The summed E-state index contributed by atoms with van der Waals surface area (Å²) >= 11 is 0. The summed E-state index contributed by atoms with van der Waals surface area (Å²) in [7, 11) is -2.13. The van der Waals surface area contributed by atoms with E-state index in [0.29, 0.717) is 24.5 Å². The van der Waals surface area contributed by atoms with Crippen LogP contribution in [0.1, 0.15) is 25.0 Å². The van der Waals surface area contributed by atoms with E-state index in [1.165, 1.54) is 6.20 Å². The number of anilines is 1. The third-order valence-electron chi connectivity index (χ3n) is 5.17. The summed E-state index contributed by atoms with van der Waals surface area (Å²) in [5.74, 6) is 0.670. The molecule has 5 nitrogen and oxygen atoms in total. The molecule has 28 heavy (non-hydrogen) atoms. The van der Waals surface area contributed by atoms with Crippen LogP contribution in [0.15, 0.2) is 52.4 Å². The number of hydrogen-bond donors (Lipinski definition) is 0. The topological polar surface area (TPSA) is 59.5 Å². The fourth-order valence-electron chi connectivity index (χ4n) is 3.34. The quantitative estimate of drug-likeness (QED) is 0.610. The second-order valence-corrected chi connectivity index (χ2v) is 8.69. The molecular weight excluding hydrogens is 372 g/mol. The van der Waals surface area contributed by atoms with Crippen molar-refractivity contribution in [3.63, 3.8) is 0 Å². The van der Waals surface area contributed by atoms with Crippen LogP contribution in [0.3, 0.4) is 0 Å². The van der Waals surface area contributed by atoms with E-state index >= 15 is 0 Å². The molecule has 1 heterocycles. The van der Waals surface area contributed by atoms with Gasteiger partial charge in [0.25, 0.3) is 0 Å². The molecule has 0 radical (unpaired) electrons. The molecule has 0 aliphatic rings. The van der Waals surface area contributed by atoms with Gasteiger partial charge in [-0.15, -0.1) is 0 Å². The Morgan fingerprint density at radius 3 is 2.32 bits per heavy atom. The van der Waals surface area contributed by atoms with Gasteiger partial charge in [-0.2, -0.15) is 0 Å². The average molecular weight is 399 g/mol. The van der Waals surface area contributed by atoms with Crippen molar-refractivity contribution in [3.05, 3.63) is 53.7 Å². The summed E-state index contributed by atoms with van der Waals surface area (Å²) in [6, 6.07) is 10.8. The van der Waals surface area contributed by atoms with Gasteiger partial charge in [-0.25, -0.2) is 8.42 Å². The lowest BCUT2D eigenvalue weighted by Crippen LogP contribution is -2.24. The molecule has 0 saturated heterocycles. The van der Waals surface area contributed by atoms with Crippen LogP contribution in [0.4, 0.5) is 5.69 Å². The van der Waals surface area contributed by atoms with Gasteiger partial charge in [-0.05, 0) is 69.2 Å². The van der Waals surface area contributed by atoms with E-state index in [1.54, 1.807) is 19.2 Å². The van der Waals surface area contributed by atoms with E-state index in [1.807, 2.05) is 52.0 Å². The average Bonchev–Trinajstić information content (AvgIpc) is 2.70. The van der Waals surface area contributed by atoms with Gasteiger partial charge < -0.3 is 9.64 Å². The number of hydrogen-bond acceptors (Lipinski definition) is 5. The van der Waals surface area contributed by atoms with Crippen molar-refractivity contribution in [2.75, 3.05) is 25.1 Å². The fraction of sp³-hybridized carbons (Fsp3) is 0.318. The first-order chi connectivity index (χ1) is 13.3. The Bertz CT molecular complexity index is 1120. The molecule has 148 valence electrons. The Labute approximate surface area is 166 Å². The molecule has 6 heteroatoms. The zero-order valence-corrected chi connectivity index (χ0v) is 17.8. The van der Waals surface area contributed by atoms with Crippen molar-refractivity contribution in [2.45, 2.75) is 37.5 Å². The Hall–Kier alpha value is -2.60. The fourth-order valence-corrected chi connectivity index (χ4v) is 4.86. The number of benzene rings is 2. The molecule has 0 saturated carbocycles. The van der Waals surface area contributed by atoms with Crippen LogP contribution in [0, 0.1) is 13.8 Å². The monoisotopic (exact) mass is 398 g/mol. The molecule has 3 aromatic rings. The molecule has 0 atom stereocenters. The highest BCUT2D eigenvalue weighted by Crippen LogP contribution is 2.37. The summed E-state index contributed by atoms with van der Waals surface area (Å²) in [4.78, 5) is 7.00. The number of aryl methyl sites for hydroxylation is 2. The lowest BCUT2D eigenvalue weighted by molar-refractivity contribution is 0.415. The number of sulfone groups is 1. The first kappa shape index (κ1) is 20.1. The van der Waals surface area contributed by atoms with E-state index in [-0.39, 0.29) is 9.79 Å². The van der Waals surface area contributed by atoms with Gasteiger partial charge in [0.05, 0.1) is 23.2 Å². The standard InChI is InChI=1S/C22H26N2O3S/c1-6-24(7-2)22-19-13-17(27-5)9-11-20(19)23-14-21(22)28(25,26)18-10-8-15(3)16(4)12-18/h8-14H,6-7H2,1-5H3. The number of aromatic nitrogens is 1. The minimum atomic E-state index is -3.73. The predicted octanol–water partition coefficient (Wildman–Crippen LogP) is 4.54. The maximum Gasteiger partial charge on any atom is 0.210 e. The van der Waals surface area contributed by atoms with Gasteiger partial charge in [0.2, 0.25) is 9.84 Å². The lowest BCUT2D eigenvalue weighted by Gasteiger charge is -2.25. The van der Waals surface area contributed by atoms with E-state index in [2.05, 4.69) is 9.88 Å². The van der Waals surface area contributed by atoms with Gasteiger partial charge in [0, 0.05) is 24.7 Å². The van der Waals surface area contributed by atoms with Crippen LogP contribution < -0.4 is 9.64 Å². The molecule has 0 fully saturated rings. The molecule has 1 aromatic heterocycles. The van der Waals surface area contributed by atoms with Gasteiger partial charge in [0.1, 0.15) is 10.6 Å². The molecule has 0 amide bonds. The number of ether oxygens (including phenoxy) is 1. The molecule has 0 N–H and O–H groups in total. The minimum Gasteiger partial charge on any atom is -0.497 e. The maximum atomic E-state index is 13.6. The van der Waals surface area contributed by atoms with Gasteiger partial charge >= 0.3 is 0 Å². The van der Waals surface area contributed by atoms with Crippen molar-refractivity contribution >= 4 is 26.4 Å². The van der Waals surface area contributed by atoms with Gasteiger partial charge in [-0.3, -0.25) is 4.98 Å². The molecule has 0 aliphatic carbocycles. The van der Waals surface area contributed by atoms with Crippen LogP contribution in [-0.4, -0.2) is 33.6 Å². The second-order valence-electron chi connectivity index (χ2n) is 6.78. The van der Waals surface area contributed by atoms with Crippen molar-refractivity contribution < 1.29 is 13.2 Å². The third-order valence-corrected chi connectivity index (χ3v) is 6.92. The summed E-state index contributed by atoms with van der Waals surface area (Å²) in [5, 5.41) is 0.771. The Morgan fingerprint density at radius 2 is 1.71 bits per heavy atom. The van der Waals surface area contributed by atoms with Gasteiger partial charge in [0.15, 0.2) is 0 Å². The number of rotatable bonds is 6.